The Morgan fingerprint density at radius 2 is 1.59 bits per heavy atom. The summed E-state index contributed by atoms with van der Waals surface area (Å²) in [5, 5.41) is 5.31. The average molecular weight is 368 g/mol. The Morgan fingerprint density at radius 1 is 1.04 bits per heavy atom. The number of halogens is 1. The van der Waals surface area contributed by atoms with Gasteiger partial charge in [-0.25, -0.2) is 4.39 Å². The molecule has 2 aromatic carbocycles. The normalized spacial score (nSPS) is 11.1. The van der Waals surface area contributed by atoms with E-state index in [0.29, 0.717) is 6.54 Å². The molecule has 0 heterocycles. The fourth-order valence-electron chi connectivity index (χ4n) is 2.29. The number of rotatable bonds is 6. The standard InChI is InChI=1S/C21H21FN2O3/c1-15(25)24-20(14-27-2)21(26)23-13-18-7-5-16(6-8-18)3-4-17-9-11-19(22)12-10-17/h5-12,20H,13-14H2,1-2H3,(H,23,26)(H,24,25)/t20-/m1/s1. The third-order valence-corrected chi connectivity index (χ3v) is 3.64. The van der Waals surface area contributed by atoms with E-state index in [9.17, 15) is 14.0 Å². The van der Waals surface area contributed by atoms with Gasteiger partial charge in [0.1, 0.15) is 11.9 Å². The van der Waals surface area contributed by atoms with Gasteiger partial charge in [0.25, 0.3) is 0 Å². The molecule has 2 aromatic rings. The van der Waals surface area contributed by atoms with Gasteiger partial charge in [0, 0.05) is 31.7 Å². The molecule has 0 saturated carbocycles. The van der Waals surface area contributed by atoms with Crippen molar-refractivity contribution < 1.29 is 18.7 Å². The van der Waals surface area contributed by atoms with Crippen molar-refractivity contribution in [2.24, 2.45) is 0 Å². The molecule has 0 fully saturated rings. The number of nitrogens with one attached hydrogen (secondary N) is 2. The maximum absolute atomic E-state index is 12.9. The van der Waals surface area contributed by atoms with Crippen LogP contribution in [0.25, 0.3) is 0 Å². The Hall–Kier alpha value is -3.17. The van der Waals surface area contributed by atoms with Crippen molar-refractivity contribution in [3.05, 3.63) is 71.0 Å². The molecule has 2 amide bonds. The molecule has 0 spiro atoms. The summed E-state index contributed by atoms with van der Waals surface area (Å²) < 4.78 is 17.8. The largest absolute Gasteiger partial charge is 0.382 e. The second-order valence-corrected chi connectivity index (χ2v) is 5.88. The molecule has 0 aliphatic heterocycles. The molecule has 27 heavy (non-hydrogen) atoms. The molecule has 0 aliphatic rings. The van der Waals surface area contributed by atoms with E-state index in [0.717, 1.165) is 16.7 Å². The molecule has 0 aromatic heterocycles. The maximum atomic E-state index is 12.9. The van der Waals surface area contributed by atoms with Crippen molar-refractivity contribution in [3.8, 4) is 11.8 Å². The Kier molecular flexibility index (Phi) is 7.53. The summed E-state index contributed by atoms with van der Waals surface area (Å²) in [5.41, 5.74) is 2.44. The lowest BCUT2D eigenvalue weighted by Gasteiger charge is -2.16. The van der Waals surface area contributed by atoms with Crippen LogP contribution in [0.3, 0.4) is 0 Å². The zero-order valence-corrected chi connectivity index (χ0v) is 15.2. The lowest BCUT2D eigenvalue weighted by atomic mass is 10.1. The molecular weight excluding hydrogens is 347 g/mol. The van der Waals surface area contributed by atoms with E-state index in [1.165, 1.54) is 26.2 Å². The van der Waals surface area contributed by atoms with Gasteiger partial charge in [-0.3, -0.25) is 9.59 Å². The number of benzene rings is 2. The van der Waals surface area contributed by atoms with Gasteiger partial charge in [0.15, 0.2) is 0 Å². The summed E-state index contributed by atoms with van der Waals surface area (Å²) in [5.74, 6) is 5.07. The van der Waals surface area contributed by atoms with Crippen molar-refractivity contribution in [1.82, 2.24) is 10.6 Å². The van der Waals surface area contributed by atoms with Gasteiger partial charge in [0.2, 0.25) is 11.8 Å². The summed E-state index contributed by atoms with van der Waals surface area (Å²) in [6, 6.07) is 12.7. The third kappa shape index (κ3) is 6.92. The first-order valence-corrected chi connectivity index (χ1v) is 8.38. The van der Waals surface area contributed by atoms with Crippen molar-refractivity contribution in [3.63, 3.8) is 0 Å². The molecule has 1 atom stereocenters. The van der Waals surface area contributed by atoms with E-state index in [4.69, 9.17) is 4.74 Å². The molecule has 0 bridgehead atoms. The van der Waals surface area contributed by atoms with Gasteiger partial charge >= 0.3 is 0 Å². The van der Waals surface area contributed by atoms with E-state index < -0.39 is 6.04 Å². The van der Waals surface area contributed by atoms with Crippen molar-refractivity contribution >= 4 is 11.8 Å². The predicted molar refractivity (Wildman–Crippen MR) is 100 cm³/mol. The highest BCUT2D eigenvalue weighted by molar-refractivity contribution is 5.86. The van der Waals surface area contributed by atoms with Crippen LogP contribution in [0.2, 0.25) is 0 Å². The van der Waals surface area contributed by atoms with Gasteiger partial charge in [-0.15, -0.1) is 0 Å². The van der Waals surface area contributed by atoms with Crippen molar-refractivity contribution in [2.75, 3.05) is 13.7 Å². The molecular formula is C21H21FN2O3. The van der Waals surface area contributed by atoms with Gasteiger partial charge in [0.05, 0.1) is 6.61 Å². The van der Waals surface area contributed by atoms with Crippen LogP contribution in [0, 0.1) is 17.7 Å². The van der Waals surface area contributed by atoms with Crippen LogP contribution in [-0.2, 0) is 20.9 Å². The Morgan fingerprint density at radius 3 is 2.11 bits per heavy atom. The first kappa shape index (κ1) is 20.1. The lowest BCUT2D eigenvalue weighted by Crippen LogP contribution is -2.48. The Balaban J connectivity index is 1.92. The molecule has 140 valence electrons. The SMILES string of the molecule is COC[C@@H](NC(C)=O)C(=O)NCc1ccc(C#Cc2ccc(F)cc2)cc1. The molecule has 0 aliphatic carbocycles. The monoisotopic (exact) mass is 368 g/mol. The summed E-state index contributed by atoms with van der Waals surface area (Å²) in [7, 11) is 1.47. The molecule has 6 heteroatoms. The minimum Gasteiger partial charge on any atom is -0.382 e. The van der Waals surface area contributed by atoms with Crippen LogP contribution < -0.4 is 10.6 Å². The highest BCUT2D eigenvalue weighted by Gasteiger charge is 2.18. The fourth-order valence-corrected chi connectivity index (χ4v) is 2.29. The van der Waals surface area contributed by atoms with E-state index in [1.807, 2.05) is 24.3 Å². The summed E-state index contributed by atoms with van der Waals surface area (Å²) >= 11 is 0. The van der Waals surface area contributed by atoms with Crippen LogP contribution in [-0.4, -0.2) is 31.6 Å². The van der Waals surface area contributed by atoms with Gasteiger partial charge in [-0.2, -0.15) is 0 Å². The van der Waals surface area contributed by atoms with Gasteiger partial charge in [-0.1, -0.05) is 24.0 Å². The van der Waals surface area contributed by atoms with Crippen LogP contribution >= 0.6 is 0 Å². The number of carbonyl (C=O) groups is 2. The topological polar surface area (TPSA) is 67.4 Å². The number of ether oxygens (including phenoxy) is 1. The smallest absolute Gasteiger partial charge is 0.245 e. The van der Waals surface area contributed by atoms with Gasteiger partial charge in [-0.05, 0) is 42.0 Å². The second-order valence-electron chi connectivity index (χ2n) is 5.88. The number of methoxy groups -OCH3 is 1. The van der Waals surface area contributed by atoms with Crippen LogP contribution in [0.4, 0.5) is 4.39 Å². The third-order valence-electron chi connectivity index (χ3n) is 3.64. The highest BCUT2D eigenvalue weighted by Crippen LogP contribution is 2.05. The number of hydrogen-bond donors (Lipinski definition) is 2. The zero-order chi connectivity index (χ0) is 19.6. The van der Waals surface area contributed by atoms with Gasteiger partial charge < -0.3 is 15.4 Å². The Bertz CT molecular complexity index is 836. The summed E-state index contributed by atoms with van der Waals surface area (Å²) in [4.78, 5) is 23.3. The van der Waals surface area contributed by atoms with Crippen LogP contribution in [0.1, 0.15) is 23.6 Å². The quantitative estimate of drug-likeness (QED) is 0.767. The second kappa shape index (κ2) is 10.1. The van der Waals surface area contributed by atoms with Crippen molar-refractivity contribution in [2.45, 2.75) is 19.5 Å². The molecule has 5 nitrogen and oxygen atoms in total. The number of amides is 2. The summed E-state index contributed by atoms with van der Waals surface area (Å²) in [6.45, 7) is 1.77. The van der Waals surface area contributed by atoms with E-state index in [1.54, 1.807) is 12.1 Å². The fraction of sp³-hybridized carbons (Fsp3) is 0.238. The summed E-state index contributed by atoms with van der Waals surface area (Å²) in [6.07, 6.45) is 0. The molecule has 0 unspecified atom stereocenters. The van der Waals surface area contributed by atoms with E-state index in [-0.39, 0.29) is 24.2 Å². The molecule has 0 saturated heterocycles. The van der Waals surface area contributed by atoms with E-state index >= 15 is 0 Å². The molecule has 2 N–H and O–H groups in total. The minimum absolute atomic E-state index is 0.101. The highest BCUT2D eigenvalue weighted by atomic mass is 19.1. The first-order chi connectivity index (χ1) is 13.0. The number of carbonyl (C=O) groups excluding carboxylic acids is 2. The lowest BCUT2D eigenvalue weighted by molar-refractivity contribution is -0.129. The minimum atomic E-state index is -0.728. The van der Waals surface area contributed by atoms with Crippen LogP contribution in [0.5, 0.6) is 0 Å². The average Bonchev–Trinajstić information content (AvgIpc) is 2.66. The van der Waals surface area contributed by atoms with Crippen LogP contribution in [0.15, 0.2) is 48.5 Å². The number of hydrogen-bond acceptors (Lipinski definition) is 3. The van der Waals surface area contributed by atoms with E-state index in [2.05, 4.69) is 22.5 Å². The first-order valence-electron chi connectivity index (χ1n) is 8.38. The Labute approximate surface area is 157 Å². The molecule has 0 radical (unpaired) electrons. The van der Waals surface area contributed by atoms with Crippen molar-refractivity contribution in [1.29, 1.82) is 0 Å². The molecule has 2 rings (SSSR count). The predicted octanol–water partition coefficient (Wildman–Crippen LogP) is 1.99. The maximum Gasteiger partial charge on any atom is 0.245 e. The zero-order valence-electron chi connectivity index (χ0n) is 15.2.